The molecule has 2 aromatic heterocycles. The van der Waals surface area contributed by atoms with Crippen LogP contribution in [0.25, 0.3) is 17.0 Å². The predicted molar refractivity (Wildman–Crippen MR) is 107 cm³/mol. The summed E-state index contributed by atoms with van der Waals surface area (Å²) in [5, 5.41) is 2.94. The molecule has 29 heavy (non-hydrogen) atoms. The number of benzene rings is 1. The zero-order valence-electron chi connectivity index (χ0n) is 14.9. The van der Waals surface area contributed by atoms with Gasteiger partial charge in [-0.3, -0.25) is 19.3 Å². The van der Waals surface area contributed by atoms with Crippen LogP contribution in [0.15, 0.2) is 67.3 Å². The number of carbonyl (C=O) groups excluding carboxylic acids is 3. The molecule has 0 spiro atoms. The molecular weight excluding hydrogens is 396 g/mol. The number of amides is 3. The standard InChI is InChI=1S/C20H14N2O6S/c23-17(21-13-4-5-15-12(10-13)3-6-18(24)28-15)7-8-22-19(25)16(29-20(22)26)11-14-2-1-9-27-14/h1-6,9-11H,7-8H2,(H,21,23)/b16-11-. The molecule has 146 valence electrons. The molecule has 0 saturated carbocycles. The van der Waals surface area contributed by atoms with E-state index in [1.807, 2.05) is 0 Å². The maximum absolute atomic E-state index is 12.4. The third kappa shape index (κ3) is 4.14. The van der Waals surface area contributed by atoms with Crippen molar-refractivity contribution < 1.29 is 23.2 Å². The fourth-order valence-electron chi connectivity index (χ4n) is 2.78. The Bertz CT molecular complexity index is 1200. The molecule has 1 aliphatic heterocycles. The van der Waals surface area contributed by atoms with Crippen LogP contribution in [-0.2, 0) is 9.59 Å². The Labute approximate surface area is 168 Å². The van der Waals surface area contributed by atoms with Crippen LogP contribution in [0, 0.1) is 0 Å². The first kappa shape index (κ1) is 18.8. The second-order valence-corrected chi connectivity index (χ2v) is 7.15. The molecule has 3 heterocycles. The minimum atomic E-state index is -0.454. The fraction of sp³-hybridized carbons (Fsp3) is 0.100. The lowest BCUT2D eigenvalue weighted by Crippen LogP contribution is -2.31. The summed E-state index contributed by atoms with van der Waals surface area (Å²) in [7, 11) is 0. The van der Waals surface area contributed by atoms with Gasteiger partial charge >= 0.3 is 5.63 Å². The summed E-state index contributed by atoms with van der Waals surface area (Å²) in [6.45, 7) is -0.0333. The summed E-state index contributed by atoms with van der Waals surface area (Å²) in [4.78, 5) is 49.2. The maximum atomic E-state index is 12.4. The Hall–Kier alpha value is -3.59. The summed E-state index contributed by atoms with van der Waals surface area (Å²) in [5.41, 5.74) is 0.479. The van der Waals surface area contributed by atoms with E-state index < -0.39 is 16.8 Å². The number of nitrogens with zero attached hydrogens (tertiary/aromatic N) is 1. The van der Waals surface area contributed by atoms with E-state index >= 15 is 0 Å². The molecule has 1 N–H and O–H groups in total. The summed E-state index contributed by atoms with van der Waals surface area (Å²) >= 11 is 0.809. The second kappa shape index (κ2) is 7.80. The third-order valence-electron chi connectivity index (χ3n) is 4.16. The molecule has 1 saturated heterocycles. The van der Waals surface area contributed by atoms with Gasteiger partial charge in [-0.05, 0) is 48.2 Å². The molecule has 3 amide bonds. The van der Waals surface area contributed by atoms with Gasteiger partial charge in [0.25, 0.3) is 11.1 Å². The van der Waals surface area contributed by atoms with Gasteiger partial charge in [0.2, 0.25) is 5.91 Å². The zero-order valence-corrected chi connectivity index (χ0v) is 15.7. The van der Waals surface area contributed by atoms with Gasteiger partial charge < -0.3 is 14.2 Å². The fourth-order valence-corrected chi connectivity index (χ4v) is 3.63. The van der Waals surface area contributed by atoms with E-state index in [2.05, 4.69) is 5.32 Å². The Morgan fingerprint density at radius 1 is 1.14 bits per heavy atom. The number of fused-ring (bicyclic) bond motifs is 1. The summed E-state index contributed by atoms with van der Waals surface area (Å²) in [6, 6.07) is 11.1. The third-order valence-corrected chi connectivity index (χ3v) is 5.06. The monoisotopic (exact) mass is 410 g/mol. The number of hydrogen-bond acceptors (Lipinski definition) is 7. The van der Waals surface area contributed by atoms with Crippen LogP contribution >= 0.6 is 11.8 Å². The van der Waals surface area contributed by atoms with Gasteiger partial charge in [0.05, 0.1) is 11.2 Å². The van der Waals surface area contributed by atoms with Crippen molar-refractivity contribution in [2.45, 2.75) is 6.42 Å². The normalized spacial score (nSPS) is 15.4. The van der Waals surface area contributed by atoms with Crippen LogP contribution in [-0.4, -0.2) is 28.5 Å². The van der Waals surface area contributed by atoms with Crippen molar-refractivity contribution in [1.82, 2.24) is 4.90 Å². The largest absolute Gasteiger partial charge is 0.465 e. The van der Waals surface area contributed by atoms with Crippen molar-refractivity contribution in [2.75, 3.05) is 11.9 Å². The number of nitrogens with one attached hydrogen (secondary N) is 1. The van der Waals surface area contributed by atoms with Gasteiger partial charge in [0.15, 0.2) is 0 Å². The predicted octanol–water partition coefficient (Wildman–Crippen LogP) is 3.45. The molecule has 8 nitrogen and oxygen atoms in total. The maximum Gasteiger partial charge on any atom is 0.336 e. The molecule has 9 heteroatoms. The zero-order chi connectivity index (χ0) is 20.4. The van der Waals surface area contributed by atoms with E-state index in [9.17, 15) is 19.2 Å². The van der Waals surface area contributed by atoms with Gasteiger partial charge in [-0.25, -0.2) is 4.79 Å². The smallest absolute Gasteiger partial charge is 0.336 e. The van der Waals surface area contributed by atoms with Gasteiger partial charge in [-0.1, -0.05) is 0 Å². The highest BCUT2D eigenvalue weighted by atomic mass is 32.2. The average Bonchev–Trinajstić information content (AvgIpc) is 3.29. The lowest BCUT2D eigenvalue weighted by atomic mass is 10.2. The van der Waals surface area contributed by atoms with Crippen LogP contribution in [0.4, 0.5) is 10.5 Å². The number of furan rings is 1. The van der Waals surface area contributed by atoms with Crippen LogP contribution < -0.4 is 10.9 Å². The average molecular weight is 410 g/mol. The number of imide groups is 1. The van der Waals surface area contributed by atoms with Gasteiger partial charge in [-0.2, -0.15) is 0 Å². The van der Waals surface area contributed by atoms with Crippen molar-refractivity contribution in [3.8, 4) is 0 Å². The van der Waals surface area contributed by atoms with E-state index in [1.165, 1.54) is 18.4 Å². The number of hydrogen-bond donors (Lipinski definition) is 1. The summed E-state index contributed by atoms with van der Waals surface area (Å²) in [6.07, 6.45) is 2.92. The highest BCUT2D eigenvalue weighted by molar-refractivity contribution is 8.18. The lowest BCUT2D eigenvalue weighted by molar-refractivity contribution is -0.123. The van der Waals surface area contributed by atoms with E-state index in [1.54, 1.807) is 36.4 Å². The topological polar surface area (TPSA) is 110 Å². The van der Waals surface area contributed by atoms with Crippen LogP contribution in [0.2, 0.25) is 0 Å². The first-order chi connectivity index (χ1) is 14.0. The van der Waals surface area contributed by atoms with Gasteiger partial charge in [0, 0.05) is 36.2 Å². The van der Waals surface area contributed by atoms with Crippen molar-refractivity contribution in [1.29, 1.82) is 0 Å². The van der Waals surface area contributed by atoms with E-state index in [0.717, 1.165) is 16.7 Å². The number of carbonyl (C=O) groups is 3. The summed E-state index contributed by atoms with van der Waals surface area (Å²) < 4.78 is 10.2. The molecule has 1 aliphatic rings. The molecule has 1 fully saturated rings. The molecule has 4 rings (SSSR count). The molecule has 0 aliphatic carbocycles. The molecule has 0 atom stereocenters. The molecule has 0 bridgehead atoms. The van der Waals surface area contributed by atoms with Gasteiger partial charge in [-0.15, -0.1) is 0 Å². The SMILES string of the molecule is O=C(CCN1C(=O)S/C(=C\c2ccco2)C1=O)Nc1ccc2oc(=O)ccc2c1. The van der Waals surface area contributed by atoms with E-state index in [4.69, 9.17) is 8.83 Å². The number of rotatable bonds is 5. The Balaban J connectivity index is 1.38. The van der Waals surface area contributed by atoms with Crippen LogP contribution in [0.5, 0.6) is 0 Å². The Morgan fingerprint density at radius 2 is 2.00 bits per heavy atom. The van der Waals surface area contributed by atoms with E-state index in [-0.39, 0.29) is 23.8 Å². The number of anilines is 1. The molecule has 0 unspecified atom stereocenters. The van der Waals surface area contributed by atoms with Crippen molar-refractivity contribution in [3.05, 3.63) is 69.8 Å². The van der Waals surface area contributed by atoms with Gasteiger partial charge in [0.1, 0.15) is 11.3 Å². The Morgan fingerprint density at radius 3 is 2.79 bits per heavy atom. The van der Waals surface area contributed by atoms with Crippen LogP contribution in [0.1, 0.15) is 12.2 Å². The van der Waals surface area contributed by atoms with Crippen molar-refractivity contribution >= 4 is 51.5 Å². The number of thioether (sulfide) groups is 1. The minimum Gasteiger partial charge on any atom is -0.465 e. The molecular formula is C20H14N2O6S. The molecule has 3 aromatic rings. The first-order valence-electron chi connectivity index (χ1n) is 8.62. The van der Waals surface area contributed by atoms with E-state index in [0.29, 0.717) is 22.4 Å². The van der Waals surface area contributed by atoms with Crippen molar-refractivity contribution in [3.63, 3.8) is 0 Å². The Kier molecular flexibility index (Phi) is 5.05. The quantitative estimate of drug-likeness (QED) is 0.507. The molecule has 0 radical (unpaired) electrons. The highest BCUT2D eigenvalue weighted by Crippen LogP contribution is 2.32. The second-order valence-electron chi connectivity index (χ2n) is 6.15. The van der Waals surface area contributed by atoms with Crippen LogP contribution in [0.3, 0.4) is 0 Å². The first-order valence-corrected chi connectivity index (χ1v) is 9.44. The highest BCUT2D eigenvalue weighted by Gasteiger charge is 2.35. The lowest BCUT2D eigenvalue weighted by Gasteiger charge is -2.12. The summed E-state index contributed by atoms with van der Waals surface area (Å²) in [5.74, 6) is -0.332. The van der Waals surface area contributed by atoms with Crippen molar-refractivity contribution in [2.24, 2.45) is 0 Å². The minimum absolute atomic E-state index is 0.0333. The molecule has 1 aromatic carbocycles.